The Bertz CT molecular complexity index is 334. The summed E-state index contributed by atoms with van der Waals surface area (Å²) >= 11 is 0. The van der Waals surface area contributed by atoms with E-state index >= 15 is 0 Å². The largest absolute Gasteiger partial charge is 0.380 e. The van der Waals surface area contributed by atoms with Gasteiger partial charge in [-0.3, -0.25) is 4.79 Å². The normalized spacial score (nSPS) is 19.6. The molecule has 1 aromatic rings. The lowest BCUT2D eigenvalue weighted by Gasteiger charge is -2.10. The van der Waals surface area contributed by atoms with Gasteiger partial charge in [-0.05, 0) is 18.6 Å². The Balaban J connectivity index is 1.72. The minimum Gasteiger partial charge on any atom is -0.380 e. The van der Waals surface area contributed by atoms with Crippen molar-refractivity contribution in [2.24, 2.45) is 0 Å². The van der Waals surface area contributed by atoms with E-state index in [-0.39, 0.29) is 5.91 Å². The molecule has 1 aromatic carbocycles. The number of nitrogens with one attached hydrogen (secondary N) is 2. The van der Waals surface area contributed by atoms with Crippen molar-refractivity contribution in [3.8, 4) is 0 Å². The van der Waals surface area contributed by atoms with Crippen molar-refractivity contribution in [3.05, 3.63) is 30.3 Å². The number of para-hydroxylation sites is 1. The van der Waals surface area contributed by atoms with Crippen molar-refractivity contribution in [1.29, 1.82) is 0 Å². The summed E-state index contributed by atoms with van der Waals surface area (Å²) in [7, 11) is 0. The zero-order valence-electron chi connectivity index (χ0n) is 9.11. The highest BCUT2D eigenvalue weighted by atomic mass is 16.5. The van der Waals surface area contributed by atoms with E-state index < -0.39 is 0 Å². The van der Waals surface area contributed by atoms with Gasteiger partial charge in [-0.1, -0.05) is 18.2 Å². The number of rotatable bonds is 4. The quantitative estimate of drug-likeness (QED) is 0.796. The fraction of sp³-hybridized carbons (Fsp3) is 0.417. The maximum absolute atomic E-state index is 11.6. The summed E-state index contributed by atoms with van der Waals surface area (Å²) < 4.78 is 5.21. The number of carbonyl (C=O) groups excluding carboxylic acids is 1. The minimum absolute atomic E-state index is 0.0156. The molecule has 1 heterocycles. The van der Waals surface area contributed by atoms with Crippen molar-refractivity contribution in [3.63, 3.8) is 0 Å². The third-order valence-electron chi connectivity index (χ3n) is 2.54. The second-order valence-electron chi connectivity index (χ2n) is 3.86. The van der Waals surface area contributed by atoms with Crippen molar-refractivity contribution in [2.45, 2.75) is 12.5 Å². The summed E-state index contributed by atoms with van der Waals surface area (Å²) in [5.74, 6) is -0.0156. The van der Waals surface area contributed by atoms with Crippen molar-refractivity contribution >= 4 is 11.6 Å². The van der Waals surface area contributed by atoms with Crippen LogP contribution in [-0.4, -0.2) is 31.7 Å². The summed E-state index contributed by atoms with van der Waals surface area (Å²) in [5, 5.41) is 5.99. The Hall–Kier alpha value is -1.39. The SMILES string of the molecule is O=C(CNC1CCOC1)Nc1ccccc1. The lowest BCUT2D eigenvalue weighted by molar-refractivity contribution is -0.115. The van der Waals surface area contributed by atoms with Crippen LogP contribution in [0.3, 0.4) is 0 Å². The Kier molecular flexibility index (Phi) is 3.91. The first-order valence-corrected chi connectivity index (χ1v) is 5.50. The molecule has 1 unspecified atom stereocenters. The van der Waals surface area contributed by atoms with E-state index in [1.54, 1.807) is 0 Å². The molecule has 16 heavy (non-hydrogen) atoms. The Morgan fingerprint density at radius 3 is 2.88 bits per heavy atom. The molecule has 4 heteroatoms. The van der Waals surface area contributed by atoms with Crippen LogP contribution in [0.4, 0.5) is 5.69 Å². The second-order valence-corrected chi connectivity index (χ2v) is 3.86. The molecule has 0 aromatic heterocycles. The summed E-state index contributed by atoms with van der Waals surface area (Å²) in [4.78, 5) is 11.6. The maximum atomic E-state index is 11.6. The molecule has 4 nitrogen and oxygen atoms in total. The molecule has 2 N–H and O–H groups in total. The molecule has 1 aliphatic heterocycles. The molecule has 0 spiro atoms. The number of amides is 1. The third kappa shape index (κ3) is 3.32. The van der Waals surface area contributed by atoms with Crippen LogP contribution in [0.25, 0.3) is 0 Å². The average Bonchev–Trinajstić information content (AvgIpc) is 2.81. The molecule has 0 aliphatic carbocycles. The predicted molar refractivity (Wildman–Crippen MR) is 62.3 cm³/mol. The molecule has 1 atom stereocenters. The van der Waals surface area contributed by atoms with Crippen LogP contribution in [0.15, 0.2) is 30.3 Å². The van der Waals surface area contributed by atoms with Crippen LogP contribution in [0, 0.1) is 0 Å². The molecule has 1 aliphatic rings. The number of benzene rings is 1. The van der Waals surface area contributed by atoms with E-state index in [9.17, 15) is 4.79 Å². The lowest BCUT2D eigenvalue weighted by Crippen LogP contribution is -2.36. The molecule has 2 rings (SSSR count). The van der Waals surface area contributed by atoms with Crippen LogP contribution in [-0.2, 0) is 9.53 Å². The first-order chi connectivity index (χ1) is 7.84. The third-order valence-corrected chi connectivity index (χ3v) is 2.54. The highest BCUT2D eigenvalue weighted by Crippen LogP contribution is 2.05. The van der Waals surface area contributed by atoms with Crippen molar-refractivity contribution < 1.29 is 9.53 Å². The molecular formula is C12H16N2O2. The fourth-order valence-electron chi connectivity index (χ4n) is 1.66. The molecule has 86 valence electrons. The van der Waals surface area contributed by atoms with Crippen LogP contribution < -0.4 is 10.6 Å². The standard InChI is InChI=1S/C12H16N2O2/c15-12(8-13-11-6-7-16-9-11)14-10-4-2-1-3-5-10/h1-5,11,13H,6-9H2,(H,14,15). The highest BCUT2D eigenvalue weighted by Gasteiger charge is 2.15. The molecule has 0 radical (unpaired) electrons. The van der Waals surface area contributed by atoms with E-state index in [2.05, 4.69) is 10.6 Å². The van der Waals surface area contributed by atoms with Gasteiger partial charge in [0.05, 0.1) is 13.2 Å². The Morgan fingerprint density at radius 1 is 1.38 bits per heavy atom. The first-order valence-electron chi connectivity index (χ1n) is 5.50. The predicted octanol–water partition coefficient (Wildman–Crippen LogP) is 1.00. The molecule has 0 saturated carbocycles. The van der Waals surface area contributed by atoms with Crippen molar-refractivity contribution in [2.75, 3.05) is 25.1 Å². The zero-order chi connectivity index (χ0) is 11.2. The van der Waals surface area contributed by atoms with E-state index in [4.69, 9.17) is 4.74 Å². The van der Waals surface area contributed by atoms with Gasteiger partial charge in [0, 0.05) is 18.3 Å². The zero-order valence-corrected chi connectivity index (χ0v) is 9.11. The number of carbonyl (C=O) groups is 1. The minimum atomic E-state index is -0.0156. The van der Waals surface area contributed by atoms with Gasteiger partial charge in [-0.2, -0.15) is 0 Å². The average molecular weight is 220 g/mol. The highest BCUT2D eigenvalue weighted by molar-refractivity contribution is 5.92. The molecule has 1 amide bonds. The van der Waals surface area contributed by atoms with E-state index in [1.165, 1.54) is 0 Å². The maximum Gasteiger partial charge on any atom is 0.238 e. The van der Waals surface area contributed by atoms with Crippen LogP contribution in [0.5, 0.6) is 0 Å². The topological polar surface area (TPSA) is 50.4 Å². The summed E-state index contributed by atoms with van der Waals surface area (Å²) in [5.41, 5.74) is 0.831. The van der Waals surface area contributed by atoms with E-state index in [0.717, 1.165) is 18.7 Å². The molecular weight excluding hydrogens is 204 g/mol. The molecule has 1 saturated heterocycles. The van der Waals surface area contributed by atoms with Crippen LogP contribution in [0.2, 0.25) is 0 Å². The Morgan fingerprint density at radius 2 is 2.19 bits per heavy atom. The second kappa shape index (κ2) is 5.63. The molecule has 1 fully saturated rings. The van der Waals surface area contributed by atoms with Gasteiger partial charge in [0.2, 0.25) is 5.91 Å². The van der Waals surface area contributed by atoms with Crippen molar-refractivity contribution in [1.82, 2.24) is 5.32 Å². The van der Waals surface area contributed by atoms with Gasteiger partial charge in [0.25, 0.3) is 0 Å². The number of hydrogen-bond donors (Lipinski definition) is 2. The van der Waals surface area contributed by atoms with Gasteiger partial charge in [0.1, 0.15) is 0 Å². The lowest BCUT2D eigenvalue weighted by atomic mass is 10.2. The summed E-state index contributed by atoms with van der Waals surface area (Å²) in [6.07, 6.45) is 0.985. The van der Waals surface area contributed by atoms with Gasteiger partial charge in [-0.25, -0.2) is 0 Å². The summed E-state index contributed by atoms with van der Waals surface area (Å²) in [6.45, 7) is 1.83. The monoisotopic (exact) mass is 220 g/mol. The fourth-order valence-corrected chi connectivity index (χ4v) is 1.66. The van der Waals surface area contributed by atoms with Crippen LogP contribution in [0.1, 0.15) is 6.42 Å². The van der Waals surface area contributed by atoms with Crippen LogP contribution >= 0.6 is 0 Å². The van der Waals surface area contributed by atoms with E-state index in [0.29, 0.717) is 19.2 Å². The number of hydrogen-bond acceptors (Lipinski definition) is 3. The number of anilines is 1. The van der Waals surface area contributed by atoms with Gasteiger partial charge in [0.15, 0.2) is 0 Å². The van der Waals surface area contributed by atoms with Gasteiger partial charge in [-0.15, -0.1) is 0 Å². The smallest absolute Gasteiger partial charge is 0.238 e. The Labute approximate surface area is 95.0 Å². The summed E-state index contributed by atoms with van der Waals surface area (Å²) in [6, 6.07) is 9.78. The first kappa shape index (κ1) is 11.1. The van der Waals surface area contributed by atoms with Gasteiger partial charge < -0.3 is 15.4 Å². The van der Waals surface area contributed by atoms with E-state index in [1.807, 2.05) is 30.3 Å². The number of ether oxygens (including phenoxy) is 1. The van der Waals surface area contributed by atoms with Gasteiger partial charge >= 0.3 is 0 Å². The molecule has 0 bridgehead atoms.